The Kier molecular flexibility index (Phi) is 5.00. The van der Waals surface area contributed by atoms with E-state index in [4.69, 9.17) is 4.74 Å². The SMILES string of the molecule is CN1C(=O)C(C)(C)c2cc(C(=O)NCc3cccc(N4CCOCC4)n3)ccc21. The quantitative estimate of drug-likeness (QED) is 0.860. The summed E-state index contributed by atoms with van der Waals surface area (Å²) in [5, 5.41) is 2.94. The van der Waals surface area contributed by atoms with Crippen LogP contribution in [0.25, 0.3) is 0 Å². The van der Waals surface area contributed by atoms with Crippen molar-refractivity contribution in [1.82, 2.24) is 10.3 Å². The van der Waals surface area contributed by atoms with Gasteiger partial charge in [0.15, 0.2) is 0 Å². The lowest BCUT2D eigenvalue weighted by molar-refractivity contribution is -0.121. The minimum absolute atomic E-state index is 0.0363. The van der Waals surface area contributed by atoms with Crippen molar-refractivity contribution >= 4 is 23.3 Å². The second kappa shape index (κ2) is 7.48. The summed E-state index contributed by atoms with van der Waals surface area (Å²) in [5.41, 5.74) is 2.46. The Labute approximate surface area is 170 Å². The molecular formula is C22H26N4O3. The summed E-state index contributed by atoms with van der Waals surface area (Å²) >= 11 is 0. The van der Waals surface area contributed by atoms with E-state index in [1.165, 1.54) is 0 Å². The summed E-state index contributed by atoms with van der Waals surface area (Å²) in [7, 11) is 1.77. The number of nitrogens with one attached hydrogen (secondary N) is 1. The molecule has 2 amide bonds. The first-order valence-corrected chi connectivity index (χ1v) is 9.87. The first-order valence-electron chi connectivity index (χ1n) is 9.87. The lowest BCUT2D eigenvalue weighted by atomic mass is 9.85. The van der Waals surface area contributed by atoms with E-state index in [0.717, 1.165) is 35.9 Å². The molecule has 3 heterocycles. The minimum atomic E-state index is -0.631. The van der Waals surface area contributed by atoms with Gasteiger partial charge in [0, 0.05) is 31.4 Å². The maximum atomic E-state index is 12.7. The number of anilines is 2. The standard InChI is InChI=1S/C22H26N4O3/c1-22(2)17-13-15(7-8-18(17)25(3)21(22)28)20(27)23-14-16-5-4-6-19(24-16)26-9-11-29-12-10-26/h4-8,13H,9-12,14H2,1-3H3,(H,23,27). The zero-order valence-corrected chi connectivity index (χ0v) is 17.1. The third-order valence-electron chi connectivity index (χ3n) is 5.69. The first kappa shape index (κ1) is 19.4. The monoisotopic (exact) mass is 394 g/mol. The molecule has 1 saturated heterocycles. The number of likely N-dealkylation sites (N-methyl/N-ethyl adjacent to an activating group) is 1. The molecule has 1 aromatic carbocycles. The fourth-order valence-electron chi connectivity index (χ4n) is 3.92. The number of fused-ring (bicyclic) bond motifs is 1. The molecular weight excluding hydrogens is 368 g/mol. The highest BCUT2D eigenvalue weighted by atomic mass is 16.5. The Hall–Kier alpha value is -2.93. The summed E-state index contributed by atoms with van der Waals surface area (Å²) < 4.78 is 5.39. The van der Waals surface area contributed by atoms with Crippen molar-refractivity contribution in [2.45, 2.75) is 25.8 Å². The van der Waals surface area contributed by atoms with Gasteiger partial charge < -0.3 is 19.9 Å². The van der Waals surface area contributed by atoms with Crippen LogP contribution in [-0.4, -0.2) is 50.1 Å². The average molecular weight is 394 g/mol. The molecule has 29 heavy (non-hydrogen) atoms. The molecule has 0 bridgehead atoms. The molecule has 1 N–H and O–H groups in total. The Balaban J connectivity index is 1.46. The predicted octanol–water partition coefficient (Wildman–Crippen LogP) is 2.10. The molecule has 2 aliphatic heterocycles. The molecule has 1 aromatic heterocycles. The molecule has 0 unspecified atom stereocenters. The van der Waals surface area contributed by atoms with Gasteiger partial charge in [0.1, 0.15) is 5.82 Å². The van der Waals surface area contributed by atoms with Gasteiger partial charge in [0.2, 0.25) is 5.91 Å². The van der Waals surface area contributed by atoms with Gasteiger partial charge in [-0.05, 0) is 49.7 Å². The largest absolute Gasteiger partial charge is 0.378 e. The molecule has 4 rings (SSSR count). The molecule has 152 valence electrons. The molecule has 0 atom stereocenters. The fraction of sp³-hybridized carbons (Fsp3) is 0.409. The Morgan fingerprint density at radius 2 is 1.97 bits per heavy atom. The molecule has 7 nitrogen and oxygen atoms in total. The molecule has 0 saturated carbocycles. The van der Waals surface area contributed by atoms with Gasteiger partial charge in [-0.1, -0.05) is 6.07 Å². The molecule has 0 radical (unpaired) electrons. The number of hydrogen-bond donors (Lipinski definition) is 1. The third-order valence-corrected chi connectivity index (χ3v) is 5.69. The van der Waals surface area contributed by atoms with Crippen molar-refractivity contribution in [1.29, 1.82) is 0 Å². The number of amides is 2. The smallest absolute Gasteiger partial charge is 0.251 e. The number of pyridine rings is 1. The summed E-state index contributed by atoms with van der Waals surface area (Å²) in [6.07, 6.45) is 0. The second-order valence-corrected chi connectivity index (χ2v) is 7.99. The van der Waals surface area contributed by atoms with Crippen LogP contribution in [0.4, 0.5) is 11.5 Å². The molecule has 0 spiro atoms. The highest BCUT2D eigenvalue weighted by Gasteiger charge is 2.42. The normalized spacial score (nSPS) is 18.0. The summed E-state index contributed by atoms with van der Waals surface area (Å²) in [5.74, 6) is 0.763. The van der Waals surface area contributed by atoms with E-state index in [-0.39, 0.29) is 11.8 Å². The van der Waals surface area contributed by atoms with Crippen molar-refractivity contribution in [3.8, 4) is 0 Å². The van der Waals surface area contributed by atoms with Crippen molar-refractivity contribution in [3.63, 3.8) is 0 Å². The van der Waals surface area contributed by atoms with Crippen LogP contribution in [0.3, 0.4) is 0 Å². The topological polar surface area (TPSA) is 74.8 Å². The summed E-state index contributed by atoms with van der Waals surface area (Å²) in [6.45, 7) is 7.17. The first-order chi connectivity index (χ1) is 13.9. The Bertz CT molecular complexity index is 951. The van der Waals surface area contributed by atoms with Gasteiger partial charge in [-0.15, -0.1) is 0 Å². The van der Waals surface area contributed by atoms with Gasteiger partial charge in [-0.25, -0.2) is 4.98 Å². The van der Waals surface area contributed by atoms with E-state index in [0.29, 0.717) is 25.3 Å². The fourth-order valence-corrected chi connectivity index (χ4v) is 3.92. The van der Waals surface area contributed by atoms with Crippen molar-refractivity contribution in [2.75, 3.05) is 43.2 Å². The van der Waals surface area contributed by atoms with Gasteiger partial charge in [0.25, 0.3) is 5.91 Å². The molecule has 2 aromatic rings. The van der Waals surface area contributed by atoms with Crippen molar-refractivity contribution < 1.29 is 14.3 Å². The highest BCUT2D eigenvalue weighted by Crippen LogP contribution is 2.41. The predicted molar refractivity (Wildman–Crippen MR) is 111 cm³/mol. The maximum absolute atomic E-state index is 12.7. The molecule has 7 heteroatoms. The van der Waals surface area contributed by atoms with Gasteiger partial charge >= 0.3 is 0 Å². The molecule has 0 aliphatic carbocycles. The van der Waals surface area contributed by atoms with Gasteiger partial charge in [-0.2, -0.15) is 0 Å². The van der Waals surface area contributed by atoms with E-state index in [1.807, 2.05) is 44.2 Å². The number of benzene rings is 1. The summed E-state index contributed by atoms with van der Waals surface area (Å²) in [4.78, 5) is 33.7. The number of carbonyl (C=O) groups excluding carboxylic acids is 2. The number of carbonyl (C=O) groups is 2. The maximum Gasteiger partial charge on any atom is 0.251 e. The zero-order chi connectivity index (χ0) is 20.6. The number of morpholine rings is 1. The van der Waals surface area contributed by atoms with E-state index in [2.05, 4.69) is 15.2 Å². The molecule has 1 fully saturated rings. The second-order valence-electron chi connectivity index (χ2n) is 7.99. The van der Waals surface area contributed by atoms with E-state index < -0.39 is 5.41 Å². The van der Waals surface area contributed by atoms with Gasteiger partial charge in [-0.3, -0.25) is 9.59 Å². The number of nitrogens with zero attached hydrogens (tertiary/aromatic N) is 3. The number of rotatable bonds is 4. The lowest BCUT2D eigenvalue weighted by Crippen LogP contribution is -2.37. The van der Waals surface area contributed by atoms with Crippen LogP contribution in [-0.2, 0) is 21.5 Å². The Morgan fingerprint density at radius 1 is 1.21 bits per heavy atom. The third kappa shape index (κ3) is 3.58. The van der Waals surface area contributed by atoms with Crippen LogP contribution < -0.4 is 15.1 Å². The zero-order valence-electron chi connectivity index (χ0n) is 17.1. The van der Waals surface area contributed by atoms with Crippen LogP contribution in [0.2, 0.25) is 0 Å². The molecule has 2 aliphatic rings. The Morgan fingerprint density at radius 3 is 2.72 bits per heavy atom. The minimum Gasteiger partial charge on any atom is -0.378 e. The highest BCUT2D eigenvalue weighted by molar-refractivity contribution is 6.08. The summed E-state index contributed by atoms with van der Waals surface area (Å²) in [6, 6.07) is 11.3. The van der Waals surface area contributed by atoms with Crippen molar-refractivity contribution in [3.05, 3.63) is 53.2 Å². The van der Waals surface area contributed by atoms with E-state index in [1.54, 1.807) is 18.0 Å². The van der Waals surface area contributed by atoms with E-state index >= 15 is 0 Å². The van der Waals surface area contributed by atoms with Crippen LogP contribution in [0.15, 0.2) is 36.4 Å². The van der Waals surface area contributed by atoms with Crippen LogP contribution in [0.1, 0.15) is 35.5 Å². The van der Waals surface area contributed by atoms with Crippen LogP contribution in [0, 0.1) is 0 Å². The average Bonchev–Trinajstić information content (AvgIpc) is 2.93. The van der Waals surface area contributed by atoms with Crippen LogP contribution >= 0.6 is 0 Å². The van der Waals surface area contributed by atoms with Crippen LogP contribution in [0.5, 0.6) is 0 Å². The van der Waals surface area contributed by atoms with Crippen molar-refractivity contribution in [2.24, 2.45) is 0 Å². The number of ether oxygens (including phenoxy) is 1. The lowest BCUT2D eigenvalue weighted by Gasteiger charge is -2.28. The number of hydrogen-bond acceptors (Lipinski definition) is 5. The number of aromatic nitrogens is 1. The van der Waals surface area contributed by atoms with Gasteiger partial charge in [0.05, 0.1) is 30.9 Å². The van der Waals surface area contributed by atoms with E-state index in [9.17, 15) is 9.59 Å².